The Morgan fingerprint density at radius 1 is 1.71 bits per heavy atom. The molecule has 0 radical (unpaired) electrons. The summed E-state index contributed by atoms with van der Waals surface area (Å²) >= 11 is 4.20. The monoisotopic (exact) mass is 116 g/mol. The number of allylic oxidation sites excluding steroid dienone is 1. The minimum absolute atomic E-state index is 0.421. The molecule has 0 fully saturated rings. The van der Waals surface area contributed by atoms with Gasteiger partial charge in [0.2, 0.25) is 0 Å². The zero-order valence-corrected chi connectivity index (χ0v) is 6.00. The molecule has 0 aliphatic carbocycles. The van der Waals surface area contributed by atoms with Gasteiger partial charge in [-0.25, -0.2) is 0 Å². The molecule has 0 saturated heterocycles. The van der Waals surface area contributed by atoms with Crippen LogP contribution in [0.5, 0.6) is 0 Å². The minimum Gasteiger partial charge on any atom is -0.172 e. The van der Waals surface area contributed by atoms with Crippen LogP contribution in [0, 0.1) is 0 Å². The summed E-state index contributed by atoms with van der Waals surface area (Å²) in [7, 11) is 0. The first-order chi connectivity index (χ1) is 3.18. The first kappa shape index (κ1) is 7.09. The topological polar surface area (TPSA) is 0 Å². The minimum atomic E-state index is 0.421. The van der Waals surface area contributed by atoms with Crippen LogP contribution in [-0.4, -0.2) is 5.25 Å². The van der Waals surface area contributed by atoms with Crippen LogP contribution in [0.4, 0.5) is 0 Å². The van der Waals surface area contributed by atoms with E-state index in [0.29, 0.717) is 5.25 Å². The average Bonchev–Trinajstić information content (AvgIpc) is 1.65. The second kappa shape index (κ2) is 3.14. The molecule has 0 N–H and O–H groups in total. The summed E-state index contributed by atoms with van der Waals surface area (Å²) in [6.45, 7) is 6.18. The van der Waals surface area contributed by atoms with Gasteiger partial charge in [0.25, 0.3) is 0 Å². The lowest BCUT2D eigenvalue weighted by Gasteiger charge is -1.99. The molecule has 0 spiro atoms. The van der Waals surface area contributed by atoms with Gasteiger partial charge >= 0.3 is 0 Å². The van der Waals surface area contributed by atoms with Crippen LogP contribution < -0.4 is 0 Å². The summed E-state index contributed by atoms with van der Waals surface area (Å²) in [6.07, 6.45) is 2.08. The van der Waals surface area contributed by atoms with Gasteiger partial charge in [-0.2, -0.15) is 12.6 Å². The predicted molar refractivity (Wildman–Crippen MR) is 37.9 cm³/mol. The van der Waals surface area contributed by atoms with Gasteiger partial charge in [0.1, 0.15) is 0 Å². The van der Waals surface area contributed by atoms with E-state index < -0.39 is 0 Å². The molecule has 0 aromatic rings. The lowest BCUT2D eigenvalue weighted by atomic mass is 10.2. The molecule has 0 aliphatic heterocycles. The number of thiol groups is 1. The fraction of sp³-hybridized carbons (Fsp3) is 0.667. The molecule has 0 aliphatic rings. The highest BCUT2D eigenvalue weighted by Gasteiger charge is 1.91. The zero-order chi connectivity index (χ0) is 5.86. The number of rotatable bonds is 1. The zero-order valence-electron chi connectivity index (χ0n) is 5.10. The van der Waals surface area contributed by atoms with E-state index in [1.165, 1.54) is 5.57 Å². The SMILES string of the molecule is C/C=C(\C)C(C)S. The van der Waals surface area contributed by atoms with Gasteiger partial charge in [0, 0.05) is 5.25 Å². The fourth-order valence-electron chi connectivity index (χ4n) is 0.241. The van der Waals surface area contributed by atoms with Gasteiger partial charge in [-0.1, -0.05) is 11.6 Å². The van der Waals surface area contributed by atoms with E-state index in [-0.39, 0.29) is 0 Å². The highest BCUT2D eigenvalue weighted by atomic mass is 32.1. The van der Waals surface area contributed by atoms with Crippen LogP contribution in [0.15, 0.2) is 11.6 Å². The molecular formula is C6H12S. The molecule has 42 valence electrons. The Hall–Kier alpha value is 0.0900. The molecule has 0 amide bonds. The van der Waals surface area contributed by atoms with E-state index >= 15 is 0 Å². The van der Waals surface area contributed by atoms with Crippen LogP contribution in [0.1, 0.15) is 20.8 Å². The van der Waals surface area contributed by atoms with Crippen LogP contribution in [0.3, 0.4) is 0 Å². The predicted octanol–water partition coefficient (Wildman–Crippen LogP) is 2.27. The Bertz CT molecular complexity index is 72.2. The lowest BCUT2D eigenvalue weighted by molar-refractivity contribution is 1.12. The maximum atomic E-state index is 4.20. The maximum absolute atomic E-state index is 4.20. The molecule has 0 heterocycles. The van der Waals surface area contributed by atoms with Crippen LogP contribution in [-0.2, 0) is 0 Å². The van der Waals surface area contributed by atoms with Crippen molar-refractivity contribution in [3.8, 4) is 0 Å². The van der Waals surface area contributed by atoms with E-state index in [0.717, 1.165) is 0 Å². The summed E-state index contributed by atoms with van der Waals surface area (Å²) in [5.74, 6) is 0. The molecule has 1 unspecified atom stereocenters. The van der Waals surface area contributed by atoms with Crippen molar-refractivity contribution >= 4 is 12.6 Å². The summed E-state index contributed by atoms with van der Waals surface area (Å²) < 4.78 is 0. The van der Waals surface area contributed by atoms with Crippen molar-refractivity contribution in [1.82, 2.24) is 0 Å². The maximum Gasteiger partial charge on any atom is 0.0195 e. The molecule has 0 nitrogen and oxygen atoms in total. The highest BCUT2D eigenvalue weighted by molar-refractivity contribution is 7.81. The Labute approximate surface area is 51.0 Å². The van der Waals surface area contributed by atoms with Crippen molar-refractivity contribution in [2.75, 3.05) is 0 Å². The normalized spacial score (nSPS) is 16.9. The lowest BCUT2D eigenvalue weighted by Crippen LogP contribution is -1.89. The van der Waals surface area contributed by atoms with E-state index in [4.69, 9.17) is 0 Å². The van der Waals surface area contributed by atoms with Gasteiger partial charge in [-0.3, -0.25) is 0 Å². The molecule has 0 aromatic heterocycles. The van der Waals surface area contributed by atoms with E-state index in [2.05, 4.69) is 32.6 Å². The van der Waals surface area contributed by atoms with Crippen molar-refractivity contribution in [1.29, 1.82) is 0 Å². The van der Waals surface area contributed by atoms with Gasteiger partial charge in [-0.15, -0.1) is 0 Å². The first-order valence-electron chi connectivity index (χ1n) is 2.49. The van der Waals surface area contributed by atoms with E-state index in [9.17, 15) is 0 Å². The molecule has 0 rings (SSSR count). The largest absolute Gasteiger partial charge is 0.172 e. The smallest absolute Gasteiger partial charge is 0.0195 e. The van der Waals surface area contributed by atoms with Gasteiger partial charge in [0.15, 0.2) is 0 Å². The van der Waals surface area contributed by atoms with Crippen molar-refractivity contribution in [3.05, 3.63) is 11.6 Å². The molecule has 1 atom stereocenters. The van der Waals surface area contributed by atoms with Crippen molar-refractivity contribution in [2.45, 2.75) is 26.0 Å². The third kappa shape index (κ3) is 2.75. The van der Waals surface area contributed by atoms with Crippen molar-refractivity contribution in [2.24, 2.45) is 0 Å². The highest BCUT2D eigenvalue weighted by Crippen LogP contribution is 2.05. The Balaban J connectivity index is 3.56. The second-order valence-corrected chi connectivity index (χ2v) is 2.48. The van der Waals surface area contributed by atoms with Gasteiger partial charge < -0.3 is 0 Å². The standard InChI is InChI=1S/C6H12S/c1-4-5(2)6(3)7/h4,6-7H,1-3H3/b5-4+. The molecular weight excluding hydrogens is 104 g/mol. The van der Waals surface area contributed by atoms with Crippen LogP contribution >= 0.6 is 12.6 Å². The van der Waals surface area contributed by atoms with E-state index in [1.54, 1.807) is 0 Å². The molecule has 0 bridgehead atoms. The average molecular weight is 116 g/mol. The fourth-order valence-corrected chi connectivity index (χ4v) is 0.390. The molecule has 0 aromatic carbocycles. The first-order valence-corrected chi connectivity index (χ1v) is 3.01. The third-order valence-corrected chi connectivity index (χ3v) is 1.52. The van der Waals surface area contributed by atoms with Crippen molar-refractivity contribution < 1.29 is 0 Å². The summed E-state index contributed by atoms with van der Waals surface area (Å²) in [5.41, 5.74) is 1.34. The molecule has 0 saturated carbocycles. The Kier molecular flexibility index (Phi) is 3.18. The van der Waals surface area contributed by atoms with Crippen molar-refractivity contribution in [3.63, 3.8) is 0 Å². The van der Waals surface area contributed by atoms with Crippen LogP contribution in [0.25, 0.3) is 0 Å². The van der Waals surface area contributed by atoms with Gasteiger partial charge in [0.05, 0.1) is 0 Å². The Morgan fingerprint density at radius 2 is 2.14 bits per heavy atom. The molecule has 7 heavy (non-hydrogen) atoms. The summed E-state index contributed by atoms with van der Waals surface area (Å²) in [6, 6.07) is 0. The molecule has 1 heteroatoms. The van der Waals surface area contributed by atoms with E-state index in [1.807, 2.05) is 6.92 Å². The summed E-state index contributed by atoms with van der Waals surface area (Å²) in [4.78, 5) is 0. The Morgan fingerprint density at radius 3 is 2.14 bits per heavy atom. The number of hydrogen-bond acceptors (Lipinski definition) is 1. The second-order valence-electron chi connectivity index (χ2n) is 1.71. The third-order valence-electron chi connectivity index (χ3n) is 1.11. The van der Waals surface area contributed by atoms with Gasteiger partial charge in [-0.05, 0) is 20.8 Å². The summed E-state index contributed by atoms with van der Waals surface area (Å²) in [5, 5.41) is 0.421. The van der Waals surface area contributed by atoms with Crippen LogP contribution in [0.2, 0.25) is 0 Å². The quantitative estimate of drug-likeness (QED) is 0.394. The number of hydrogen-bond donors (Lipinski definition) is 1.